The summed E-state index contributed by atoms with van der Waals surface area (Å²) in [5.74, 6) is 0.982. The molecule has 0 spiro atoms. The van der Waals surface area contributed by atoms with E-state index >= 15 is 0 Å². The van der Waals surface area contributed by atoms with E-state index in [-0.39, 0.29) is 0 Å². The van der Waals surface area contributed by atoms with Crippen molar-refractivity contribution in [2.75, 3.05) is 6.54 Å². The van der Waals surface area contributed by atoms with Crippen molar-refractivity contribution in [2.24, 2.45) is 7.05 Å². The average molecular weight is 356 g/mol. The van der Waals surface area contributed by atoms with Crippen LogP contribution in [0.4, 0.5) is 0 Å². The third-order valence-corrected chi connectivity index (χ3v) is 4.93. The zero-order chi connectivity index (χ0) is 18.1. The number of aliphatic hydroxyl groups excluding tert-OH is 1. The van der Waals surface area contributed by atoms with Crippen molar-refractivity contribution in [1.82, 2.24) is 39.2 Å². The summed E-state index contributed by atoms with van der Waals surface area (Å²) in [7, 11) is 1.82. The van der Waals surface area contributed by atoms with Gasteiger partial charge < -0.3 is 9.67 Å². The molecule has 0 saturated heterocycles. The summed E-state index contributed by atoms with van der Waals surface area (Å²) < 4.78 is 5.76. The molecule has 1 aliphatic rings. The molecule has 0 unspecified atom stereocenters. The first kappa shape index (κ1) is 16.9. The van der Waals surface area contributed by atoms with Crippen LogP contribution in [0.3, 0.4) is 0 Å². The molecule has 1 aliphatic heterocycles. The number of rotatable bonds is 5. The Hall–Kier alpha value is -2.52. The minimum atomic E-state index is -0.765. The Morgan fingerprint density at radius 2 is 2.19 bits per heavy atom. The molecule has 0 aliphatic carbocycles. The molecule has 26 heavy (non-hydrogen) atoms. The minimum absolute atomic E-state index is 0.669. The first-order chi connectivity index (χ1) is 12.7. The minimum Gasteiger partial charge on any atom is -0.380 e. The number of aryl methyl sites for hydroxylation is 3. The molecule has 0 radical (unpaired) electrons. The summed E-state index contributed by atoms with van der Waals surface area (Å²) in [6, 6.07) is 3.82. The Balaban J connectivity index is 1.53. The third kappa shape index (κ3) is 3.15. The Bertz CT molecular complexity index is 879. The van der Waals surface area contributed by atoms with E-state index in [1.54, 1.807) is 17.2 Å². The molecular formula is C17H24N8O. The van der Waals surface area contributed by atoms with Crippen molar-refractivity contribution < 1.29 is 5.11 Å². The second-order valence-electron chi connectivity index (χ2n) is 6.66. The highest BCUT2D eigenvalue weighted by molar-refractivity contribution is 5.21. The lowest BCUT2D eigenvalue weighted by molar-refractivity contribution is 0.203. The second-order valence-corrected chi connectivity index (χ2v) is 6.66. The zero-order valence-corrected chi connectivity index (χ0v) is 15.2. The van der Waals surface area contributed by atoms with Gasteiger partial charge in [0.2, 0.25) is 0 Å². The Morgan fingerprint density at radius 1 is 1.31 bits per heavy atom. The molecule has 3 aromatic heterocycles. The van der Waals surface area contributed by atoms with Crippen molar-refractivity contribution in [3.8, 4) is 0 Å². The predicted octanol–water partition coefficient (Wildman–Crippen LogP) is 0.716. The van der Waals surface area contributed by atoms with Crippen LogP contribution in [0.2, 0.25) is 0 Å². The summed E-state index contributed by atoms with van der Waals surface area (Å²) in [5, 5.41) is 27.7. The monoisotopic (exact) mass is 356 g/mol. The fourth-order valence-corrected chi connectivity index (χ4v) is 3.49. The zero-order valence-electron chi connectivity index (χ0n) is 15.2. The van der Waals surface area contributed by atoms with Crippen molar-refractivity contribution in [3.63, 3.8) is 0 Å². The number of hydrogen-bond acceptors (Lipinski definition) is 6. The van der Waals surface area contributed by atoms with Crippen molar-refractivity contribution in [3.05, 3.63) is 47.6 Å². The lowest BCUT2D eigenvalue weighted by Gasteiger charge is -2.19. The van der Waals surface area contributed by atoms with E-state index in [4.69, 9.17) is 0 Å². The first-order valence-electron chi connectivity index (χ1n) is 8.97. The van der Waals surface area contributed by atoms with Crippen LogP contribution in [0.15, 0.2) is 24.7 Å². The molecule has 0 saturated carbocycles. The van der Waals surface area contributed by atoms with Crippen LogP contribution in [0.5, 0.6) is 0 Å². The smallest absolute Gasteiger partial charge is 0.147 e. The van der Waals surface area contributed by atoms with E-state index in [9.17, 15) is 5.11 Å². The van der Waals surface area contributed by atoms with E-state index in [0.29, 0.717) is 5.69 Å². The van der Waals surface area contributed by atoms with Gasteiger partial charge in [0.25, 0.3) is 0 Å². The van der Waals surface area contributed by atoms with Gasteiger partial charge in [0.1, 0.15) is 18.3 Å². The van der Waals surface area contributed by atoms with Gasteiger partial charge in [0.15, 0.2) is 0 Å². The summed E-state index contributed by atoms with van der Waals surface area (Å²) in [6.07, 6.45) is 3.71. The molecule has 9 nitrogen and oxygen atoms in total. The summed E-state index contributed by atoms with van der Waals surface area (Å²) in [5.41, 5.74) is 2.52. The average Bonchev–Trinajstić information content (AvgIpc) is 3.33. The molecule has 4 heterocycles. The van der Waals surface area contributed by atoms with E-state index < -0.39 is 6.10 Å². The first-order valence-corrected chi connectivity index (χ1v) is 8.97. The summed E-state index contributed by atoms with van der Waals surface area (Å²) >= 11 is 0. The highest BCUT2D eigenvalue weighted by atomic mass is 16.3. The molecular weight excluding hydrogens is 332 g/mol. The van der Waals surface area contributed by atoms with Crippen molar-refractivity contribution >= 4 is 0 Å². The normalized spacial score (nSPS) is 16.4. The van der Waals surface area contributed by atoms with E-state index in [2.05, 4.69) is 36.8 Å². The second kappa shape index (κ2) is 7.00. The van der Waals surface area contributed by atoms with Gasteiger partial charge in [-0.15, -0.1) is 10.2 Å². The molecule has 3 aromatic rings. The van der Waals surface area contributed by atoms with E-state index in [0.717, 1.165) is 56.4 Å². The molecule has 0 amide bonds. The highest BCUT2D eigenvalue weighted by Crippen LogP contribution is 2.23. The fourth-order valence-electron chi connectivity index (χ4n) is 3.49. The van der Waals surface area contributed by atoms with Gasteiger partial charge in [-0.3, -0.25) is 14.3 Å². The van der Waals surface area contributed by atoms with Crippen LogP contribution in [-0.2, 0) is 33.2 Å². The van der Waals surface area contributed by atoms with Gasteiger partial charge in [-0.05, 0) is 25.5 Å². The molecule has 1 atom stereocenters. The van der Waals surface area contributed by atoms with Gasteiger partial charge >= 0.3 is 0 Å². The fraction of sp³-hybridized carbons (Fsp3) is 0.529. The Morgan fingerprint density at radius 3 is 2.96 bits per heavy atom. The highest BCUT2D eigenvalue weighted by Gasteiger charge is 2.23. The standard InChI is InChI=1S/C17H24N8O/c1-3-24-12-18-20-16(24)11-23-7-4-8-25-13(10-23)9-14(21-25)17(26)15-5-6-19-22(15)2/h5-6,9,12,17,26H,3-4,7-8,10-11H2,1-2H3/t17-/m1/s1. The predicted molar refractivity (Wildman–Crippen MR) is 93.9 cm³/mol. The number of fused-ring (bicyclic) bond motifs is 1. The lowest BCUT2D eigenvalue weighted by Crippen LogP contribution is -2.24. The van der Waals surface area contributed by atoms with Gasteiger partial charge in [0, 0.05) is 39.4 Å². The van der Waals surface area contributed by atoms with Gasteiger partial charge in [0.05, 0.1) is 23.6 Å². The molecule has 4 rings (SSSR count). The molecule has 1 N–H and O–H groups in total. The van der Waals surface area contributed by atoms with Crippen molar-refractivity contribution in [2.45, 2.75) is 45.6 Å². The Labute approximate surface area is 151 Å². The molecule has 138 valence electrons. The molecule has 0 aromatic carbocycles. The van der Waals surface area contributed by atoms with E-state index in [1.807, 2.05) is 23.9 Å². The van der Waals surface area contributed by atoms with Crippen LogP contribution >= 0.6 is 0 Å². The summed E-state index contributed by atoms with van der Waals surface area (Å²) in [4.78, 5) is 2.36. The van der Waals surface area contributed by atoms with Gasteiger partial charge in [-0.1, -0.05) is 0 Å². The van der Waals surface area contributed by atoms with Crippen LogP contribution in [0.1, 0.15) is 42.4 Å². The maximum Gasteiger partial charge on any atom is 0.147 e. The Kier molecular flexibility index (Phi) is 4.56. The summed E-state index contributed by atoms with van der Waals surface area (Å²) in [6.45, 7) is 6.34. The maximum absolute atomic E-state index is 10.7. The number of aliphatic hydroxyl groups is 1. The van der Waals surface area contributed by atoms with Crippen LogP contribution in [0, 0.1) is 0 Å². The largest absolute Gasteiger partial charge is 0.380 e. The number of aromatic nitrogens is 7. The van der Waals surface area contributed by atoms with Gasteiger partial charge in [-0.2, -0.15) is 10.2 Å². The molecule has 0 fully saturated rings. The number of nitrogens with zero attached hydrogens (tertiary/aromatic N) is 8. The SMILES string of the molecule is CCn1cnnc1CN1CCCn2nc([C@@H](O)c3ccnn3C)cc2C1. The van der Waals surface area contributed by atoms with Crippen LogP contribution in [-0.4, -0.2) is 50.9 Å². The van der Waals surface area contributed by atoms with Crippen molar-refractivity contribution in [1.29, 1.82) is 0 Å². The molecule has 9 heteroatoms. The van der Waals surface area contributed by atoms with E-state index in [1.165, 1.54) is 0 Å². The van der Waals surface area contributed by atoms with Crippen LogP contribution in [0.25, 0.3) is 0 Å². The van der Waals surface area contributed by atoms with Gasteiger partial charge in [-0.25, -0.2) is 0 Å². The lowest BCUT2D eigenvalue weighted by atomic mass is 10.2. The quantitative estimate of drug-likeness (QED) is 0.724. The number of hydrogen-bond donors (Lipinski definition) is 1. The third-order valence-electron chi connectivity index (χ3n) is 4.93. The maximum atomic E-state index is 10.7. The topological polar surface area (TPSA) is 89.8 Å². The molecule has 0 bridgehead atoms. The van der Waals surface area contributed by atoms with Crippen LogP contribution < -0.4 is 0 Å².